The number of halogens is 1. The Labute approximate surface area is 135 Å². The third kappa shape index (κ3) is 4.97. The predicted octanol–water partition coefficient (Wildman–Crippen LogP) is 4.15. The zero-order valence-electron chi connectivity index (χ0n) is 12.3. The highest BCUT2D eigenvalue weighted by Crippen LogP contribution is 2.23. The third-order valence-electron chi connectivity index (χ3n) is 2.79. The first-order valence-corrected chi connectivity index (χ1v) is 7.47. The molecule has 1 N–H and O–H groups in total. The standard InChI is InChI=1S/C17H18ClNO3/c1-2-10-21-14-7-5-6-13(11-14)19-17(20)12-22-16-9-4-3-8-15(16)18/h3-9,11H,2,10,12H2,1H3,(H,19,20). The highest BCUT2D eigenvalue weighted by molar-refractivity contribution is 6.32. The van der Waals surface area contributed by atoms with Crippen LogP contribution in [0.2, 0.25) is 5.02 Å². The SMILES string of the molecule is CCCOc1cccc(NC(=O)COc2ccccc2Cl)c1. The molecule has 22 heavy (non-hydrogen) atoms. The van der Waals surface area contributed by atoms with Gasteiger partial charge >= 0.3 is 0 Å². The van der Waals surface area contributed by atoms with E-state index in [0.717, 1.165) is 12.2 Å². The number of rotatable bonds is 7. The summed E-state index contributed by atoms with van der Waals surface area (Å²) in [5.74, 6) is 0.957. The highest BCUT2D eigenvalue weighted by atomic mass is 35.5. The minimum absolute atomic E-state index is 0.107. The van der Waals surface area contributed by atoms with Gasteiger partial charge < -0.3 is 14.8 Å². The van der Waals surface area contributed by atoms with Gasteiger partial charge in [0.1, 0.15) is 11.5 Å². The molecule has 0 aliphatic carbocycles. The molecule has 5 heteroatoms. The van der Waals surface area contributed by atoms with Crippen LogP contribution in [-0.2, 0) is 4.79 Å². The zero-order chi connectivity index (χ0) is 15.8. The molecule has 2 aromatic carbocycles. The van der Waals surface area contributed by atoms with Crippen molar-refractivity contribution in [3.63, 3.8) is 0 Å². The first-order chi connectivity index (χ1) is 10.7. The molecule has 0 saturated carbocycles. The molecule has 0 fully saturated rings. The van der Waals surface area contributed by atoms with Crippen LogP contribution in [0.5, 0.6) is 11.5 Å². The molecule has 2 rings (SSSR count). The summed E-state index contributed by atoms with van der Waals surface area (Å²) in [7, 11) is 0. The molecule has 0 bridgehead atoms. The summed E-state index contributed by atoms with van der Waals surface area (Å²) >= 11 is 5.96. The van der Waals surface area contributed by atoms with Crippen molar-refractivity contribution in [2.75, 3.05) is 18.5 Å². The molecule has 116 valence electrons. The summed E-state index contributed by atoms with van der Waals surface area (Å²) in [5, 5.41) is 3.24. The van der Waals surface area contributed by atoms with Gasteiger partial charge in [-0.1, -0.05) is 36.7 Å². The summed E-state index contributed by atoms with van der Waals surface area (Å²) in [6.45, 7) is 2.58. The summed E-state index contributed by atoms with van der Waals surface area (Å²) in [5.41, 5.74) is 0.668. The second-order valence-corrected chi connectivity index (χ2v) is 5.05. The van der Waals surface area contributed by atoms with Gasteiger partial charge in [-0.05, 0) is 30.7 Å². The van der Waals surface area contributed by atoms with Crippen molar-refractivity contribution in [1.29, 1.82) is 0 Å². The molecular weight excluding hydrogens is 302 g/mol. The number of ether oxygens (including phenoxy) is 2. The Hall–Kier alpha value is -2.20. The summed E-state index contributed by atoms with van der Waals surface area (Å²) in [6.07, 6.45) is 0.933. The van der Waals surface area contributed by atoms with E-state index in [1.165, 1.54) is 0 Å². The van der Waals surface area contributed by atoms with Crippen molar-refractivity contribution in [3.05, 3.63) is 53.6 Å². The lowest BCUT2D eigenvalue weighted by atomic mass is 10.3. The maximum atomic E-state index is 11.9. The van der Waals surface area contributed by atoms with Gasteiger partial charge in [0.05, 0.1) is 11.6 Å². The van der Waals surface area contributed by atoms with Crippen molar-refractivity contribution in [2.24, 2.45) is 0 Å². The van der Waals surface area contributed by atoms with E-state index in [1.54, 1.807) is 36.4 Å². The van der Waals surface area contributed by atoms with Crippen LogP contribution in [0.3, 0.4) is 0 Å². The van der Waals surface area contributed by atoms with Crippen LogP contribution < -0.4 is 14.8 Å². The molecule has 0 atom stereocenters. The topological polar surface area (TPSA) is 47.6 Å². The number of anilines is 1. The van der Waals surface area contributed by atoms with Gasteiger partial charge in [0, 0.05) is 11.8 Å². The Morgan fingerprint density at radius 2 is 1.95 bits per heavy atom. The van der Waals surface area contributed by atoms with Gasteiger partial charge in [-0.25, -0.2) is 0 Å². The molecule has 0 aliphatic rings. The molecule has 0 spiro atoms. The van der Waals surface area contributed by atoms with Crippen LogP contribution in [0.4, 0.5) is 5.69 Å². The maximum absolute atomic E-state index is 11.9. The molecule has 0 unspecified atom stereocenters. The maximum Gasteiger partial charge on any atom is 0.262 e. The smallest absolute Gasteiger partial charge is 0.262 e. The predicted molar refractivity (Wildman–Crippen MR) is 87.8 cm³/mol. The average molecular weight is 320 g/mol. The largest absolute Gasteiger partial charge is 0.494 e. The van der Waals surface area contributed by atoms with E-state index in [9.17, 15) is 4.79 Å². The fourth-order valence-electron chi connectivity index (χ4n) is 1.79. The molecule has 0 saturated heterocycles. The average Bonchev–Trinajstić information content (AvgIpc) is 2.52. The van der Waals surface area contributed by atoms with Crippen molar-refractivity contribution in [2.45, 2.75) is 13.3 Å². The fourth-order valence-corrected chi connectivity index (χ4v) is 1.98. The Bertz CT molecular complexity index is 631. The highest BCUT2D eigenvalue weighted by Gasteiger charge is 2.06. The molecule has 4 nitrogen and oxygen atoms in total. The second-order valence-electron chi connectivity index (χ2n) is 4.64. The van der Waals surface area contributed by atoms with Crippen molar-refractivity contribution in [3.8, 4) is 11.5 Å². The van der Waals surface area contributed by atoms with E-state index >= 15 is 0 Å². The van der Waals surface area contributed by atoms with Gasteiger partial charge in [-0.15, -0.1) is 0 Å². The lowest BCUT2D eigenvalue weighted by molar-refractivity contribution is -0.118. The van der Waals surface area contributed by atoms with E-state index < -0.39 is 0 Å². The molecule has 1 amide bonds. The monoisotopic (exact) mass is 319 g/mol. The van der Waals surface area contributed by atoms with Crippen LogP contribution in [0.1, 0.15) is 13.3 Å². The Balaban J connectivity index is 1.88. The molecule has 2 aromatic rings. The number of carbonyl (C=O) groups is 1. The number of carbonyl (C=O) groups excluding carboxylic acids is 1. The summed E-state index contributed by atoms with van der Waals surface area (Å²) in [6, 6.07) is 14.3. The first-order valence-electron chi connectivity index (χ1n) is 7.09. The van der Waals surface area contributed by atoms with Gasteiger partial charge in [0.15, 0.2) is 6.61 Å². The molecule has 0 heterocycles. The van der Waals surface area contributed by atoms with Crippen molar-refractivity contribution >= 4 is 23.2 Å². The van der Waals surface area contributed by atoms with Gasteiger partial charge in [-0.2, -0.15) is 0 Å². The summed E-state index contributed by atoms with van der Waals surface area (Å²) in [4.78, 5) is 11.9. The van der Waals surface area contributed by atoms with E-state index in [0.29, 0.717) is 23.1 Å². The van der Waals surface area contributed by atoms with Crippen molar-refractivity contribution in [1.82, 2.24) is 0 Å². The van der Waals surface area contributed by atoms with Crippen LogP contribution in [0.15, 0.2) is 48.5 Å². The van der Waals surface area contributed by atoms with Crippen LogP contribution >= 0.6 is 11.6 Å². The zero-order valence-corrected chi connectivity index (χ0v) is 13.1. The number of benzene rings is 2. The molecule has 0 aliphatic heterocycles. The molecule has 0 aromatic heterocycles. The van der Waals surface area contributed by atoms with Gasteiger partial charge in [0.25, 0.3) is 5.91 Å². The van der Waals surface area contributed by atoms with Gasteiger partial charge in [-0.3, -0.25) is 4.79 Å². The minimum Gasteiger partial charge on any atom is -0.494 e. The quantitative estimate of drug-likeness (QED) is 0.834. The number of hydrogen-bond acceptors (Lipinski definition) is 3. The Kier molecular flexibility index (Phi) is 6.10. The van der Waals surface area contributed by atoms with E-state index in [-0.39, 0.29) is 12.5 Å². The first kappa shape index (κ1) is 16.2. The van der Waals surface area contributed by atoms with Crippen LogP contribution in [-0.4, -0.2) is 19.1 Å². The number of para-hydroxylation sites is 1. The third-order valence-corrected chi connectivity index (χ3v) is 3.10. The van der Waals surface area contributed by atoms with Crippen LogP contribution in [0, 0.1) is 0 Å². The van der Waals surface area contributed by atoms with Crippen molar-refractivity contribution < 1.29 is 14.3 Å². The summed E-state index contributed by atoms with van der Waals surface area (Å²) < 4.78 is 10.9. The Morgan fingerprint density at radius 3 is 2.73 bits per heavy atom. The molecular formula is C17H18ClNO3. The number of hydrogen-bond donors (Lipinski definition) is 1. The van der Waals surface area contributed by atoms with E-state index in [4.69, 9.17) is 21.1 Å². The number of nitrogens with one attached hydrogen (secondary N) is 1. The minimum atomic E-state index is -0.257. The Morgan fingerprint density at radius 1 is 1.14 bits per heavy atom. The normalized spacial score (nSPS) is 10.1. The fraction of sp³-hybridized carbons (Fsp3) is 0.235. The van der Waals surface area contributed by atoms with E-state index in [2.05, 4.69) is 5.32 Å². The van der Waals surface area contributed by atoms with Crippen LogP contribution in [0.25, 0.3) is 0 Å². The van der Waals surface area contributed by atoms with Gasteiger partial charge in [0.2, 0.25) is 0 Å². The van der Waals surface area contributed by atoms with E-state index in [1.807, 2.05) is 19.1 Å². The molecule has 0 radical (unpaired) electrons. The number of amides is 1. The lowest BCUT2D eigenvalue weighted by Crippen LogP contribution is -2.20. The lowest BCUT2D eigenvalue weighted by Gasteiger charge is -2.10. The second kappa shape index (κ2) is 8.29.